The van der Waals surface area contributed by atoms with Crippen LogP contribution in [0.2, 0.25) is 0 Å². The molecule has 0 saturated heterocycles. The number of hydrogen-bond acceptors (Lipinski definition) is 5. The summed E-state index contributed by atoms with van der Waals surface area (Å²) in [6.07, 6.45) is 2.93. The molecule has 1 aromatic heterocycles. The fraction of sp³-hybridized carbons (Fsp3) is 0.278. The van der Waals surface area contributed by atoms with Crippen LogP contribution >= 0.6 is 0 Å². The lowest BCUT2D eigenvalue weighted by atomic mass is 10.0. The number of nitrogens with one attached hydrogen (secondary N) is 1. The van der Waals surface area contributed by atoms with Crippen molar-refractivity contribution in [2.24, 2.45) is 0 Å². The van der Waals surface area contributed by atoms with Crippen LogP contribution in [0.3, 0.4) is 0 Å². The van der Waals surface area contributed by atoms with Gasteiger partial charge in [0.05, 0.1) is 0 Å². The Bertz CT molecular complexity index is 730. The fourth-order valence-electron chi connectivity index (χ4n) is 1.95. The van der Waals surface area contributed by atoms with Gasteiger partial charge in [0.25, 0.3) is 5.91 Å². The van der Waals surface area contributed by atoms with Gasteiger partial charge in [0.1, 0.15) is 5.76 Å². The van der Waals surface area contributed by atoms with Gasteiger partial charge in [-0.3, -0.25) is 4.79 Å². The van der Waals surface area contributed by atoms with Crippen LogP contribution in [0, 0.1) is 6.92 Å². The maximum absolute atomic E-state index is 11.6. The molecule has 0 aliphatic heterocycles. The van der Waals surface area contributed by atoms with Crippen LogP contribution in [-0.4, -0.2) is 23.6 Å². The molecule has 126 valence electrons. The predicted molar refractivity (Wildman–Crippen MR) is 90.4 cm³/mol. The first-order chi connectivity index (χ1) is 11.4. The number of ether oxygens (including phenoxy) is 1. The number of carbonyl (C=O) groups is 2. The molecule has 6 nitrogen and oxygen atoms in total. The van der Waals surface area contributed by atoms with Crippen LogP contribution in [0.25, 0.3) is 6.08 Å². The molecule has 0 bridgehead atoms. The first-order valence-electron chi connectivity index (χ1n) is 7.62. The van der Waals surface area contributed by atoms with Crippen molar-refractivity contribution in [3.05, 3.63) is 53.3 Å². The van der Waals surface area contributed by atoms with E-state index in [1.165, 1.54) is 11.6 Å². The van der Waals surface area contributed by atoms with Gasteiger partial charge < -0.3 is 14.6 Å². The number of nitrogens with zero attached hydrogens (tertiary/aromatic N) is 1. The molecule has 1 N–H and O–H groups in total. The maximum Gasteiger partial charge on any atom is 0.331 e. The molecular weight excluding hydrogens is 308 g/mol. The van der Waals surface area contributed by atoms with Gasteiger partial charge in [-0.15, -0.1) is 0 Å². The molecule has 0 spiro atoms. The molecule has 0 saturated carbocycles. The average molecular weight is 328 g/mol. The van der Waals surface area contributed by atoms with Crippen molar-refractivity contribution < 1.29 is 18.8 Å². The van der Waals surface area contributed by atoms with Gasteiger partial charge in [-0.05, 0) is 30.0 Å². The molecule has 1 amide bonds. The van der Waals surface area contributed by atoms with Crippen LogP contribution in [0.5, 0.6) is 0 Å². The summed E-state index contributed by atoms with van der Waals surface area (Å²) >= 11 is 0. The summed E-state index contributed by atoms with van der Waals surface area (Å²) in [6.45, 7) is 5.56. The van der Waals surface area contributed by atoms with E-state index in [9.17, 15) is 9.59 Å². The highest BCUT2D eigenvalue weighted by Crippen LogP contribution is 2.15. The first kappa shape index (κ1) is 17.5. The molecule has 2 rings (SSSR count). The molecular formula is C18H20N2O4. The van der Waals surface area contributed by atoms with Gasteiger partial charge in [0, 0.05) is 12.1 Å². The minimum Gasteiger partial charge on any atom is -0.452 e. The molecule has 0 fully saturated rings. The molecule has 24 heavy (non-hydrogen) atoms. The molecule has 0 unspecified atom stereocenters. The smallest absolute Gasteiger partial charge is 0.331 e. The summed E-state index contributed by atoms with van der Waals surface area (Å²) in [5.41, 5.74) is 2.12. The second-order valence-electron chi connectivity index (χ2n) is 5.63. The molecule has 0 aliphatic rings. The van der Waals surface area contributed by atoms with E-state index in [1.54, 1.807) is 19.1 Å². The van der Waals surface area contributed by atoms with Crippen LogP contribution in [0.15, 0.2) is 40.9 Å². The zero-order valence-corrected chi connectivity index (χ0v) is 13.9. The summed E-state index contributed by atoms with van der Waals surface area (Å²) in [5, 5.41) is 6.08. The number of rotatable bonds is 6. The van der Waals surface area contributed by atoms with Gasteiger partial charge in [-0.2, -0.15) is 0 Å². The van der Waals surface area contributed by atoms with Gasteiger partial charge in [0.15, 0.2) is 12.4 Å². The molecule has 0 aliphatic carbocycles. The lowest BCUT2D eigenvalue weighted by molar-refractivity contribution is -0.142. The zero-order chi connectivity index (χ0) is 17.5. The van der Waals surface area contributed by atoms with Crippen LogP contribution in [0.4, 0.5) is 5.82 Å². The van der Waals surface area contributed by atoms with E-state index in [-0.39, 0.29) is 12.4 Å². The minimum absolute atomic E-state index is 0.286. The van der Waals surface area contributed by atoms with E-state index < -0.39 is 11.9 Å². The van der Waals surface area contributed by atoms with Crippen molar-refractivity contribution in [3.8, 4) is 0 Å². The molecule has 0 atom stereocenters. The number of amides is 1. The lowest BCUT2D eigenvalue weighted by Crippen LogP contribution is -2.20. The van der Waals surface area contributed by atoms with Crippen molar-refractivity contribution >= 4 is 23.8 Å². The van der Waals surface area contributed by atoms with Crippen molar-refractivity contribution in [2.45, 2.75) is 26.7 Å². The van der Waals surface area contributed by atoms with E-state index in [0.29, 0.717) is 11.7 Å². The second kappa shape index (κ2) is 8.10. The van der Waals surface area contributed by atoms with Gasteiger partial charge >= 0.3 is 5.97 Å². The van der Waals surface area contributed by atoms with E-state index in [0.717, 1.165) is 5.56 Å². The Balaban J connectivity index is 1.78. The van der Waals surface area contributed by atoms with E-state index in [1.807, 2.05) is 24.3 Å². The maximum atomic E-state index is 11.6. The number of esters is 1. The largest absolute Gasteiger partial charge is 0.452 e. The Morgan fingerprint density at radius 3 is 2.58 bits per heavy atom. The average Bonchev–Trinajstić information content (AvgIpc) is 2.96. The summed E-state index contributed by atoms with van der Waals surface area (Å²) in [5.74, 6) is 0.254. The standard InChI is InChI=1S/C18H20N2O4/c1-12(2)15-7-4-14(5-8-15)6-9-18(22)23-11-17(21)19-16-10-13(3)24-20-16/h4-10,12H,11H2,1-3H3,(H,19,20,21)/b9-6+. The highest BCUT2D eigenvalue weighted by Gasteiger charge is 2.08. The molecule has 1 aromatic carbocycles. The fourth-order valence-corrected chi connectivity index (χ4v) is 1.95. The Kier molecular flexibility index (Phi) is 5.89. The van der Waals surface area contributed by atoms with Crippen molar-refractivity contribution in [1.29, 1.82) is 0 Å². The van der Waals surface area contributed by atoms with E-state index in [2.05, 4.69) is 24.3 Å². The Morgan fingerprint density at radius 1 is 1.29 bits per heavy atom. The highest BCUT2D eigenvalue weighted by molar-refractivity contribution is 5.94. The van der Waals surface area contributed by atoms with E-state index in [4.69, 9.17) is 9.26 Å². The zero-order valence-electron chi connectivity index (χ0n) is 13.9. The third-order valence-corrected chi connectivity index (χ3v) is 3.26. The number of aryl methyl sites for hydroxylation is 1. The SMILES string of the molecule is Cc1cc(NC(=O)COC(=O)/C=C/c2ccc(C(C)C)cc2)no1. The molecule has 1 heterocycles. The van der Waals surface area contributed by atoms with E-state index >= 15 is 0 Å². The third-order valence-electron chi connectivity index (χ3n) is 3.26. The van der Waals surface area contributed by atoms with Crippen molar-refractivity contribution in [1.82, 2.24) is 5.16 Å². The molecule has 0 radical (unpaired) electrons. The number of carbonyl (C=O) groups excluding carboxylic acids is 2. The highest BCUT2D eigenvalue weighted by atomic mass is 16.5. The summed E-state index contributed by atoms with van der Waals surface area (Å²) in [4.78, 5) is 23.2. The summed E-state index contributed by atoms with van der Waals surface area (Å²) in [6, 6.07) is 9.46. The quantitative estimate of drug-likeness (QED) is 0.650. The minimum atomic E-state index is -0.589. The van der Waals surface area contributed by atoms with Gasteiger partial charge in [-0.1, -0.05) is 43.3 Å². The predicted octanol–water partition coefficient (Wildman–Crippen LogP) is 3.30. The topological polar surface area (TPSA) is 81.4 Å². The van der Waals surface area contributed by atoms with Crippen LogP contribution in [0.1, 0.15) is 36.7 Å². The Hall–Kier alpha value is -2.89. The molecule has 2 aromatic rings. The summed E-state index contributed by atoms with van der Waals surface area (Å²) in [7, 11) is 0. The summed E-state index contributed by atoms with van der Waals surface area (Å²) < 4.78 is 9.69. The van der Waals surface area contributed by atoms with Gasteiger partial charge in [0.2, 0.25) is 0 Å². The van der Waals surface area contributed by atoms with Crippen molar-refractivity contribution in [3.63, 3.8) is 0 Å². The Labute approximate surface area is 140 Å². The lowest BCUT2D eigenvalue weighted by Gasteiger charge is -2.04. The molecule has 6 heteroatoms. The van der Waals surface area contributed by atoms with Crippen LogP contribution in [-0.2, 0) is 14.3 Å². The second-order valence-corrected chi connectivity index (χ2v) is 5.63. The van der Waals surface area contributed by atoms with Gasteiger partial charge in [-0.25, -0.2) is 4.79 Å². The number of hydrogen-bond donors (Lipinski definition) is 1. The monoisotopic (exact) mass is 328 g/mol. The normalized spacial score (nSPS) is 11.0. The van der Waals surface area contributed by atoms with Crippen molar-refractivity contribution in [2.75, 3.05) is 11.9 Å². The number of aromatic nitrogens is 1. The number of benzene rings is 1. The first-order valence-corrected chi connectivity index (χ1v) is 7.62. The van der Waals surface area contributed by atoms with Crippen LogP contribution < -0.4 is 5.32 Å². The third kappa shape index (κ3) is 5.39. The Morgan fingerprint density at radius 2 is 2.00 bits per heavy atom. The number of anilines is 1.